The van der Waals surface area contributed by atoms with Gasteiger partial charge in [0.05, 0.1) is 6.20 Å². The number of hydrogen-bond acceptors (Lipinski definition) is 2. The van der Waals surface area contributed by atoms with Gasteiger partial charge in [0.2, 0.25) is 5.95 Å². The molecule has 90 valence electrons. The lowest BCUT2D eigenvalue weighted by atomic mass is 10.1. The molecule has 1 aliphatic heterocycles. The zero-order valence-corrected chi connectivity index (χ0v) is 9.74. The summed E-state index contributed by atoms with van der Waals surface area (Å²) in [5.74, 6) is -0.385. The Kier molecular flexibility index (Phi) is 2.28. The summed E-state index contributed by atoms with van der Waals surface area (Å²) >= 11 is 0. The number of nitrogens with zero attached hydrogens (tertiary/aromatic N) is 3. The van der Waals surface area contributed by atoms with Crippen LogP contribution < -0.4 is 5.56 Å². The van der Waals surface area contributed by atoms with Crippen LogP contribution in [0.3, 0.4) is 0 Å². The van der Waals surface area contributed by atoms with E-state index in [1.807, 2.05) is 6.92 Å². The second-order valence-corrected chi connectivity index (χ2v) is 4.40. The summed E-state index contributed by atoms with van der Waals surface area (Å²) < 4.78 is 17.1. The fraction of sp³-hybridized carbons (Fsp3) is 0.500. The molecule has 5 heteroatoms. The van der Waals surface area contributed by atoms with Gasteiger partial charge in [-0.3, -0.25) is 4.79 Å². The second kappa shape index (κ2) is 3.68. The van der Waals surface area contributed by atoms with E-state index in [4.69, 9.17) is 0 Å². The molecule has 0 N–H and O–H groups in total. The zero-order chi connectivity index (χ0) is 12.0. The highest BCUT2D eigenvalue weighted by Gasteiger charge is 2.22. The van der Waals surface area contributed by atoms with Gasteiger partial charge in [-0.15, -0.1) is 0 Å². The summed E-state index contributed by atoms with van der Waals surface area (Å²) in [6.45, 7) is 2.96. The van der Waals surface area contributed by atoms with Crippen LogP contribution in [0, 0.1) is 5.95 Å². The van der Waals surface area contributed by atoms with Gasteiger partial charge in [0.1, 0.15) is 5.39 Å². The SMILES string of the molecule is CCn1ncc2c3n(c(F)c2c1=O)CCCC3. The average Bonchev–Trinajstić information content (AvgIpc) is 2.65. The third-order valence-corrected chi connectivity index (χ3v) is 3.47. The summed E-state index contributed by atoms with van der Waals surface area (Å²) in [7, 11) is 0. The van der Waals surface area contributed by atoms with Crippen LogP contribution in [0.25, 0.3) is 10.8 Å². The van der Waals surface area contributed by atoms with Crippen molar-refractivity contribution in [2.75, 3.05) is 0 Å². The summed E-state index contributed by atoms with van der Waals surface area (Å²) in [4.78, 5) is 12.0. The molecule has 0 atom stereocenters. The Labute approximate surface area is 97.7 Å². The van der Waals surface area contributed by atoms with E-state index in [0.717, 1.165) is 25.0 Å². The Morgan fingerprint density at radius 3 is 3.06 bits per heavy atom. The maximum Gasteiger partial charge on any atom is 0.279 e. The third kappa shape index (κ3) is 1.34. The molecule has 0 bridgehead atoms. The van der Waals surface area contributed by atoms with Crippen LogP contribution in [0.2, 0.25) is 0 Å². The molecule has 0 saturated carbocycles. The third-order valence-electron chi connectivity index (χ3n) is 3.47. The molecule has 0 radical (unpaired) electrons. The monoisotopic (exact) mass is 235 g/mol. The first-order chi connectivity index (χ1) is 8.24. The normalized spacial score (nSPS) is 15.2. The molecule has 2 aromatic heterocycles. The first-order valence-electron chi connectivity index (χ1n) is 6.00. The molecular weight excluding hydrogens is 221 g/mol. The number of hydrogen-bond donors (Lipinski definition) is 0. The van der Waals surface area contributed by atoms with Crippen molar-refractivity contribution in [2.24, 2.45) is 0 Å². The lowest BCUT2D eigenvalue weighted by Crippen LogP contribution is -2.21. The standard InChI is InChI=1S/C12H14FN3O/c1-2-16-12(17)10-8(7-14-16)9-5-3-4-6-15(9)11(10)13/h7H,2-6H2,1H3. The van der Waals surface area contributed by atoms with E-state index in [9.17, 15) is 9.18 Å². The lowest BCUT2D eigenvalue weighted by Gasteiger charge is -2.14. The van der Waals surface area contributed by atoms with Gasteiger partial charge in [0.15, 0.2) is 0 Å². The highest BCUT2D eigenvalue weighted by molar-refractivity contribution is 5.84. The van der Waals surface area contributed by atoms with Crippen LogP contribution in [0.15, 0.2) is 11.0 Å². The predicted molar refractivity (Wildman–Crippen MR) is 62.6 cm³/mol. The first kappa shape index (κ1) is 10.5. The van der Waals surface area contributed by atoms with E-state index in [2.05, 4.69) is 5.10 Å². The van der Waals surface area contributed by atoms with E-state index >= 15 is 0 Å². The van der Waals surface area contributed by atoms with Crippen molar-refractivity contribution in [3.8, 4) is 0 Å². The first-order valence-corrected chi connectivity index (χ1v) is 6.00. The van der Waals surface area contributed by atoms with Gasteiger partial charge >= 0.3 is 0 Å². The Balaban J connectivity index is 2.42. The van der Waals surface area contributed by atoms with Crippen molar-refractivity contribution < 1.29 is 4.39 Å². The number of rotatable bonds is 1. The molecule has 3 rings (SSSR count). The summed E-state index contributed by atoms with van der Waals surface area (Å²) in [6, 6.07) is 0. The van der Waals surface area contributed by atoms with Gasteiger partial charge in [-0.1, -0.05) is 0 Å². The summed E-state index contributed by atoms with van der Waals surface area (Å²) in [6.07, 6.45) is 4.48. The molecule has 17 heavy (non-hydrogen) atoms. The van der Waals surface area contributed by atoms with Crippen LogP contribution in [0.1, 0.15) is 25.5 Å². The van der Waals surface area contributed by atoms with Gasteiger partial charge in [-0.05, 0) is 26.2 Å². The molecule has 1 aliphatic rings. The summed E-state index contributed by atoms with van der Waals surface area (Å²) in [5.41, 5.74) is 0.612. The van der Waals surface area contributed by atoms with Crippen molar-refractivity contribution in [1.82, 2.24) is 14.3 Å². The minimum absolute atomic E-state index is 0.207. The van der Waals surface area contributed by atoms with E-state index in [0.29, 0.717) is 18.5 Å². The molecule has 0 amide bonds. The van der Waals surface area contributed by atoms with E-state index < -0.39 is 0 Å². The Bertz CT molecular complexity index is 641. The molecule has 4 nitrogen and oxygen atoms in total. The average molecular weight is 235 g/mol. The van der Waals surface area contributed by atoms with Crippen LogP contribution in [-0.2, 0) is 19.5 Å². The topological polar surface area (TPSA) is 39.8 Å². The van der Waals surface area contributed by atoms with Crippen LogP contribution >= 0.6 is 0 Å². The van der Waals surface area contributed by atoms with Crippen LogP contribution in [0.4, 0.5) is 4.39 Å². The Morgan fingerprint density at radius 1 is 1.47 bits per heavy atom. The summed E-state index contributed by atoms with van der Waals surface area (Å²) in [5, 5.41) is 4.97. The number of aryl methyl sites for hydroxylation is 2. The zero-order valence-electron chi connectivity index (χ0n) is 9.74. The lowest BCUT2D eigenvalue weighted by molar-refractivity contribution is 0.442. The van der Waals surface area contributed by atoms with Gasteiger partial charge < -0.3 is 4.57 Å². The smallest absolute Gasteiger partial charge is 0.279 e. The molecule has 3 heterocycles. The van der Waals surface area contributed by atoms with Gasteiger partial charge in [-0.25, -0.2) is 4.68 Å². The van der Waals surface area contributed by atoms with Gasteiger partial charge in [-0.2, -0.15) is 9.49 Å². The number of aromatic nitrogens is 3. The fourth-order valence-corrected chi connectivity index (χ4v) is 2.60. The predicted octanol–water partition coefficient (Wildman–Crippen LogP) is 1.69. The van der Waals surface area contributed by atoms with Crippen molar-refractivity contribution in [3.05, 3.63) is 28.2 Å². The molecule has 0 aromatic carbocycles. The minimum Gasteiger partial charge on any atom is -0.321 e. The van der Waals surface area contributed by atoms with Crippen molar-refractivity contribution in [3.63, 3.8) is 0 Å². The molecule has 0 spiro atoms. The molecule has 0 aliphatic carbocycles. The largest absolute Gasteiger partial charge is 0.321 e. The minimum atomic E-state index is -0.385. The molecule has 0 saturated heterocycles. The molecular formula is C12H14FN3O. The van der Waals surface area contributed by atoms with Crippen molar-refractivity contribution in [2.45, 2.75) is 39.3 Å². The Morgan fingerprint density at radius 2 is 2.29 bits per heavy atom. The molecule has 2 aromatic rings. The van der Waals surface area contributed by atoms with Crippen molar-refractivity contribution >= 4 is 10.8 Å². The van der Waals surface area contributed by atoms with E-state index in [-0.39, 0.29) is 16.9 Å². The molecule has 0 unspecified atom stereocenters. The van der Waals surface area contributed by atoms with E-state index in [1.54, 1.807) is 10.8 Å². The Hall–Kier alpha value is -1.65. The second-order valence-electron chi connectivity index (χ2n) is 4.40. The van der Waals surface area contributed by atoms with Crippen molar-refractivity contribution in [1.29, 1.82) is 0 Å². The van der Waals surface area contributed by atoms with Crippen LogP contribution in [-0.4, -0.2) is 14.3 Å². The highest BCUT2D eigenvalue weighted by Crippen LogP contribution is 2.27. The van der Waals surface area contributed by atoms with E-state index in [1.165, 1.54) is 4.68 Å². The maximum absolute atomic E-state index is 14.2. The molecule has 0 fully saturated rings. The number of halogens is 1. The van der Waals surface area contributed by atoms with Crippen LogP contribution in [0.5, 0.6) is 0 Å². The highest BCUT2D eigenvalue weighted by atomic mass is 19.1. The van der Waals surface area contributed by atoms with Gasteiger partial charge in [0.25, 0.3) is 5.56 Å². The quantitative estimate of drug-likeness (QED) is 0.754. The van der Waals surface area contributed by atoms with Gasteiger partial charge in [0, 0.05) is 24.2 Å². The maximum atomic E-state index is 14.2. The fourth-order valence-electron chi connectivity index (χ4n) is 2.60. The number of fused-ring (bicyclic) bond motifs is 3.